The molecule has 0 aliphatic rings. The summed E-state index contributed by atoms with van der Waals surface area (Å²) in [7, 11) is 0. The van der Waals surface area contributed by atoms with Gasteiger partial charge in [0.05, 0.1) is 5.25 Å². The van der Waals surface area contributed by atoms with E-state index in [2.05, 4.69) is 53.6 Å². The highest BCUT2D eigenvalue weighted by molar-refractivity contribution is 8.00. The van der Waals surface area contributed by atoms with Crippen LogP contribution >= 0.6 is 11.8 Å². The molecule has 9 heteroatoms. The van der Waals surface area contributed by atoms with Crippen LogP contribution < -0.4 is 11.2 Å². The van der Waals surface area contributed by atoms with Gasteiger partial charge in [-0.1, -0.05) is 62.0 Å². The van der Waals surface area contributed by atoms with E-state index in [-0.39, 0.29) is 11.3 Å². The van der Waals surface area contributed by atoms with Gasteiger partial charge in [0, 0.05) is 11.6 Å². The summed E-state index contributed by atoms with van der Waals surface area (Å²) in [5.41, 5.74) is 2.16. The highest BCUT2D eigenvalue weighted by Crippen LogP contribution is 2.28. The number of nitrogen functional groups attached to an aromatic ring is 1. The Hall–Kier alpha value is -2.81. The molecule has 0 bridgehead atoms. The molecule has 3 rings (SSSR count). The molecule has 148 valence electrons. The monoisotopic (exact) mass is 400 g/mol. The van der Waals surface area contributed by atoms with Gasteiger partial charge in [-0.25, -0.2) is 4.68 Å². The molecule has 3 aromatic rings. The van der Waals surface area contributed by atoms with Gasteiger partial charge in [0.15, 0.2) is 11.6 Å². The number of nitrogens with two attached hydrogens (primary N) is 1. The second-order valence-electron chi connectivity index (χ2n) is 7.58. The molecule has 0 radical (unpaired) electrons. The van der Waals surface area contributed by atoms with Crippen molar-refractivity contribution < 1.29 is 9.32 Å². The number of hydrogen-bond donors (Lipinski definition) is 2. The van der Waals surface area contributed by atoms with E-state index >= 15 is 0 Å². The van der Waals surface area contributed by atoms with Crippen LogP contribution in [0.2, 0.25) is 0 Å². The van der Waals surface area contributed by atoms with Crippen molar-refractivity contribution in [3.63, 3.8) is 0 Å². The molecule has 0 aliphatic carbocycles. The van der Waals surface area contributed by atoms with E-state index in [9.17, 15) is 4.79 Å². The Morgan fingerprint density at radius 1 is 1.25 bits per heavy atom. The number of benzene rings is 1. The molecular formula is C19H24N6O2S. The molecule has 8 nitrogen and oxygen atoms in total. The van der Waals surface area contributed by atoms with E-state index in [1.54, 1.807) is 19.9 Å². The van der Waals surface area contributed by atoms with Crippen LogP contribution in [0.4, 0.5) is 5.82 Å². The Morgan fingerprint density at radius 3 is 2.50 bits per heavy atom. The maximum atomic E-state index is 12.3. The van der Waals surface area contributed by atoms with Crippen molar-refractivity contribution in [3.05, 3.63) is 41.7 Å². The Kier molecular flexibility index (Phi) is 5.46. The first-order valence-corrected chi connectivity index (χ1v) is 9.75. The van der Waals surface area contributed by atoms with Gasteiger partial charge in [-0.3, -0.25) is 4.79 Å². The predicted molar refractivity (Wildman–Crippen MR) is 109 cm³/mol. The molecule has 2 aromatic heterocycles. The number of thioether (sulfide) groups is 1. The Bertz CT molecular complexity index is 971. The number of carbonyl (C=O) groups is 1. The summed E-state index contributed by atoms with van der Waals surface area (Å²) in [6, 6.07) is 9.73. The zero-order valence-electron chi connectivity index (χ0n) is 16.6. The molecule has 0 saturated heterocycles. The second-order valence-corrected chi connectivity index (χ2v) is 8.88. The average molecular weight is 401 g/mol. The number of carbonyl (C=O) groups excluding carboxylic acids is 1. The highest BCUT2D eigenvalue weighted by atomic mass is 32.2. The molecule has 0 fully saturated rings. The summed E-state index contributed by atoms with van der Waals surface area (Å²) in [5, 5.41) is 14.8. The van der Waals surface area contributed by atoms with Crippen LogP contribution in [0.1, 0.15) is 39.0 Å². The van der Waals surface area contributed by atoms with Crippen LogP contribution in [-0.2, 0) is 10.2 Å². The molecule has 1 atom stereocenters. The van der Waals surface area contributed by atoms with Crippen molar-refractivity contribution in [3.8, 4) is 11.4 Å². The Morgan fingerprint density at radius 2 is 1.93 bits per heavy atom. The van der Waals surface area contributed by atoms with Gasteiger partial charge in [-0.05, 0) is 24.8 Å². The SMILES string of the molecule is Cc1cc(NC(=O)[C@@H](C)Sc2nnc(-c3ccc(C(C)(C)C)cc3)n2N)no1. The summed E-state index contributed by atoms with van der Waals surface area (Å²) in [6.45, 7) is 10.0. The quantitative estimate of drug-likeness (QED) is 0.499. The minimum atomic E-state index is -0.445. The molecule has 0 spiro atoms. The Labute approximate surface area is 167 Å². The smallest absolute Gasteiger partial charge is 0.238 e. The van der Waals surface area contributed by atoms with Crippen LogP contribution in [-0.4, -0.2) is 31.2 Å². The van der Waals surface area contributed by atoms with Crippen LogP contribution in [0, 0.1) is 6.92 Å². The summed E-state index contributed by atoms with van der Waals surface area (Å²) < 4.78 is 6.35. The molecule has 3 N–H and O–H groups in total. The van der Waals surface area contributed by atoms with Crippen molar-refractivity contribution in [2.24, 2.45) is 0 Å². The van der Waals surface area contributed by atoms with Crippen molar-refractivity contribution in [2.45, 2.75) is 50.4 Å². The number of aromatic nitrogens is 4. The molecule has 2 heterocycles. The lowest BCUT2D eigenvalue weighted by molar-refractivity contribution is -0.115. The lowest BCUT2D eigenvalue weighted by Gasteiger charge is -2.19. The fourth-order valence-corrected chi connectivity index (χ4v) is 3.31. The third-order valence-corrected chi connectivity index (χ3v) is 5.26. The van der Waals surface area contributed by atoms with Gasteiger partial charge >= 0.3 is 0 Å². The number of nitrogens with one attached hydrogen (secondary N) is 1. The van der Waals surface area contributed by atoms with Gasteiger partial charge < -0.3 is 15.7 Å². The van der Waals surface area contributed by atoms with Crippen molar-refractivity contribution >= 4 is 23.5 Å². The summed E-state index contributed by atoms with van der Waals surface area (Å²) in [6.07, 6.45) is 0. The van der Waals surface area contributed by atoms with E-state index in [1.165, 1.54) is 22.0 Å². The van der Waals surface area contributed by atoms with E-state index in [4.69, 9.17) is 10.4 Å². The van der Waals surface area contributed by atoms with Gasteiger partial charge in [-0.15, -0.1) is 10.2 Å². The number of hydrogen-bond acceptors (Lipinski definition) is 7. The molecule has 0 aliphatic heterocycles. The largest absolute Gasteiger partial charge is 0.360 e. The maximum Gasteiger partial charge on any atom is 0.238 e. The van der Waals surface area contributed by atoms with Crippen LogP contribution in [0.15, 0.2) is 40.0 Å². The zero-order chi connectivity index (χ0) is 20.5. The Balaban J connectivity index is 1.71. The molecular weight excluding hydrogens is 376 g/mol. The third-order valence-electron chi connectivity index (χ3n) is 4.20. The first-order valence-electron chi connectivity index (χ1n) is 8.87. The normalized spacial score (nSPS) is 12.8. The van der Waals surface area contributed by atoms with Crippen LogP contribution in [0.3, 0.4) is 0 Å². The molecule has 0 saturated carbocycles. The molecule has 0 unspecified atom stereocenters. The lowest BCUT2D eigenvalue weighted by Crippen LogP contribution is -2.23. The number of amides is 1. The average Bonchev–Trinajstić information content (AvgIpc) is 3.20. The highest BCUT2D eigenvalue weighted by Gasteiger charge is 2.21. The second kappa shape index (κ2) is 7.67. The van der Waals surface area contributed by atoms with Gasteiger partial charge in [0.2, 0.25) is 11.1 Å². The first-order chi connectivity index (χ1) is 13.1. The van der Waals surface area contributed by atoms with E-state index in [0.29, 0.717) is 22.6 Å². The van der Waals surface area contributed by atoms with Gasteiger partial charge in [-0.2, -0.15) is 0 Å². The molecule has 28 heavy (non-hydrogen) atoms. The maximum absolute atomic E-state index is 12.3. The summed E-state index contributed by atoms with van der Waals surface area (Å²) in [4.78, 5) is 12.3. The third kappa shape index (κ3) is 4.36. The van der Waals surface area contributed by atoms with Gasteiger partial charge in [0.25, 0.3) is 0 Å². The van der Waals surface area contributed by atoms with Crippen LogP contribution in [0.5, 0.6) is 0 Å². The zero-order valence-corrected chi connectivity index (χ0v) is 17.4. The first kappa shape index (κ1) is 19.9. The molecule has 1 amide bonds. The van der Waals surface area contributed by atoms with Crippen LogP contribution in [0.25, 0.3) is 11.4 Å². The minimum Gasteiger partial charge on any atom is -0.360 e. The predicted octanol–water partition coefficient (Wildman–Crippen LogP) is 3.37. The number of aryl methyl sites for hydroxylation is 1. The van der Waals surface area contributed by atoms with Crippen molar-refractivity contribution in [1.29, 1.82) is 0 Å². The summed E-state index contributed by atoms with van der Waals surface area (Å²) >= 11 is 1.22. The minimum absolute atomic E-state index is 0.0705. The fourth-order valence-electron chi connectivity index (χ4n) is 2.54. The number of anilines is 1. The topological polar surface area (TPSA) is 112 Å². The number of nitrogens with zero attached hydrogens (tertiary/aromatic N) is 4. The number of rotatable bonds is 5. The van der Waals surface area contributed by atoms with E-state index in [0.717, 1.165) is 5.56 Å². The summed E-state index contributed by atoms with van der Waals surface area (Å²) in [5.74, 6) is 7.50. The fraction of sp³-hybridized carbons (Fsp3) is 0.368. The van der Waals surface area contributed by atoms with Gasteiger partial charge in [0.1, 0.15) is 5.76 Å². The molecule has 1 aromatic carbocycles. The standard InChI is InChI=1S/C19H24N6O2S/c1-11-10-15(24-27-11)21-17(26)12(2)28-18-23-22-16(25(18)20)13-6-8-14(9-7-13)19(3,4)5/h6-10,12H,20H2,1-5H3,(H,21,24,26)/t12-/m1/s1. The van der Waals surface area contributed by atoms with Crippen molar-refractivity contribution in [2.75, 3.05) is 11.2 Å². The van der Waals surface area contributed by atoms with Crippen molar-refractivity contribution in [1.82, 2.24) is 20.0 Å². The van der Waals surface area contributed by atoms with E-state index in [1.807, 2.05) is 12.1 Å². The lowest BCUT2D eigenvalue weighted by atomic mass is 9.87. The van der Waals surface area contributed by atoms with E-state index < -0.39 is 5.25 Å².